The Morgan fingerprint density at radius 1 is 1.33 bits per heavy atom. The molecule has 2 atom stereocenters. The fourth-order valence-electron chi connectivity index (χ4n) is 4.14. The van der Waals surface area contributed by atoms with E-state index in [1.165, 1.54) is 23.1 Å². The van der Waals surface area contributed by atoms with E-state index in [-0.39, 0.29) is 48.5 Å². The van der Waals surface area contributed by atoms with Crippen LogP contribution in [0, 0.1) is 11.2 Å². The van der Waals surface area contributed by atoms with Crippen molar-refractivity contribution in [1.82, 2.24) is 15.2 Å². The average Bonchev–Trinajstić information content (AvgIpc) is 2.73. The van der Waals surface area contributed by atoms with Crippen LogP contribution in [0.5, 0.6) is 0 Å². The molecule has 2 amide bonds. The first-order valence-corrected chi connectivity index (χ1v) is 9.49. The third-order valence-electron chi connectivity index (χ3n) is 5.65. The number of nitrogens with one attached hydrogen (secondary N) is 2. The first kappa shape index (κ1) is 21.4. The van der Waals surface area contributed by atoms with Crippen molar-refractivity contribution in [3.63, 3.8) is 0 Å². The molecule has 30 heavy (non-hydrogen) atoms. The van der Waals surface area contributed by atoms with Crippen LogP contribution in [0.3, 0.4) is 0 Å². The normalized spacial score (nSPS) is 23.5. The summed E-state index contributed by atoms with van der Waals surface area (Å²) in [6.45, 7) is 0.626. The van der Waals surface area contributed by atoms with Crippen molar-refractivity contribution in [3.05, 3.63) is 46.0 Å². The first-order chi connectivity index (χ1) is 14.3. The third-order valence-corrected chi connectivity index (χ3v) is 5.65. The number of likely N-dealkylation sites (tertiary alicyclic amines) is 1. The number of aromatic amines is 1. The number of aromatic nitrogens is 1. The van der Waals surface area contributed by atoms with E-state index in [2.05, 4.69) is 10.3 Å². The van der Waals surface area contributed by atoms with Crippen molar-refractivity contribution in [2.45, 2.75) is 25.4 Å². The number of amides is 2. The molecule has 2 aromatic rings. The number of rotatable bonds is 1. The second-order valence-electron chi connectivity index (χ2n) is 7.36. The smallest absolute Gasteiger partial charge is 0.290 e. The van der Waals surface area contributed by atoms with Gasteiger partial charge in [-0.25, -0.2) is 4.39 Å². The van der Waals surface area contributed by atoms with E-state index >= 15 is 0 Å². The summed E-state index contributed by atoms with van der Waals surface area (Å²) < 4.78 is 14.1. The minimum atomic E-state index is -1.03. The Hall–Kier alpha value is -3.27. The maximum Gasteiger partial charge on any atom is 0.290 e. The molecule has 10 heteroatoms. The lowest BCUT2D eigenvalue weighted by Crippen LogP contribution is -2.62. The van der Waals surface area contributed by atoms with E-state index in [4.69, 9.17) is 9.90 Å². The number of nitrogens with zero attached hydrogens (tertiary/aromatic N) is 1. The van der Waals surface area contributed by atoms with E-state index in [1.54, 1.807) is 0 Å². The van der Waals surface area contributed by atoms with Gasteiger partial charge in [0.25, 0.3) is 12.4 Å². The number of piperidine rings is 2. The highest BCUT2D eigenvalue weighted by molar-refractivity contribution is 5.95. The Balaban J connectivity index is 0.000000806. The molecule has 1 aromatic heterocycles. The van der Waals surface area contributed by atoms with Crippen LogP contribution in [0.15, 0.2) is 29.1 Å². The van der Waals surface area contributed by atoms with Gasteiger partial charge in [-0.1, -0.05) is 6.07 Å². The summed E-state index contributed by atoms with van der Waals surface area (Å²) in [6.07, 6.45) is 0.663. The van der Waals surface area contributed by atoms with Crippen LogP contribution in [0.25, 0.3) is 10.9 Å². The Morgan fingerprint density at radius 3 is 2.77 bits per heavy atom. The second kappa shape index (κ2) is 8.62. The van der Waals surface area contributed by atoms with E-state index in [1.807, 2.05) is 0 Å². The Labute approximate surface area is 170 Å². The molecule has 0 unspecified atom stereocenters. The lowest BCUT2D eigenvalue weighted by Gasteiger charge is -2.46. The lowest BCUT2D eigenvalue weighted by molar-refractivity contribution is -0.147. The molecule has 2 fully saturated rings. The molecule has 1 aromatic carbocycles. The van der Waals surface area contributed by atoms with Crippen molar-refractivity contribution in [2.24, 2.45) is 5.41 Å². The minimum Gasteiger partial charge on any atom is -0.483 e. The zero-order chi connectivity index (χ0) is 21.9. The molecule has 1 spiro atoms. The Bertz CT molecular complexity index is 1040. The fraction of sp³-hybridized carbons (Fsp3) is 0.400. The standard InChI is InChI=1S/C19H20FN3O4.CH2O2/c20-12-4-1-3-11-14(24)9-13(22-16(11)12)17(26)23-8-5-15(25)19(10-23)6-2-7-21-18(19)27;2-1-3/h1,3-4,9,15,25H,2,5-8,10H2,(H,21,27)(H,22,24);1H,(H,2,3)/t15-,19+;/m0./s1. The van der Waals surface area contributed by atoms with Crippen LogP contribution in [0.2, 0.25) is 0 Å². The number of aliphatic hydroxyl groups is 1. The first-order valence-electron chi connectivity index (χ1n) is 9.49. The maximum absolute atomic E-state index is 14.1. The van der Waals surface area contributed by atoms with Crippen LogP contribution in [-0.4, -0.2) is 64.1 Å². The molecule has 0 saturated carbocycles. The molecular weight excluding hydrogens is 397 g/mol. The highest BCUT2D eigenvalue weighted by atomic mass is 19.1. The number of hydrogen-bond acceptors (Lipinski definition) is 5. The zero-order valence-electron chi connectivity index (χ0n) is 16.1. The molecule has 2 aliphatic rings. The third kappa shape index (κ3) is 3.78. The van der Waals surface area contributed by atoms with Gasteiger partial charge in [0.05, 0.1) is 17.0 Å². The monoisotopic (exact) mass is 419 g/mol. The second-order valence-corrected chi connectivity index (χ2v) is 7.36. The number of pyridine rings is 1. The number of H-pyrrole nitrogens is 1. The molecule has 2 saturated heterocycles. The lowest BCUT2D eigenvalue weighted by atomic mass is 9.71. The summed E-state index contributed by atoms with van der Waals surface area (Å²) in [5, 5.41) is 20.3. The van der Waals surface area contributed by atoms with Crippen molar-refractivity contribution < 1.29 is 29.0 Å². The largest absolute Gasteiger partial charge is 0.483 e. The van der Waals surface area contributed by atoms with Gasteiger partial charge in [0.1, 0.15) is 11.5 Å². The highest BCUT2D eigenvalue weighted by Crippen LogP contribution is 2.37. The Kier molecular flexibility index (Phi) is 6.16. The number of carbonyl (C=O) groups excluding carboxylic acids is 2. The van der Waals surface area contributed by atoms with Gasteiger partial charge in [0, 0.05) is 31.1 Å². The summed E-state index contributed by atoms with van der Waals surface area (Å²) in [6, 6.07) is 5.30. The van der Waals surface area contributed by atoms with Gasteiger partial charge < -0.3 is 25.4 Å². The van der Waals surface area contributed by atoms with Crippen molar-refractivity contribution in [2.75, 3.05) is 19.6 Å². The summed E-state index contributed by atoms with van der Waals surface area (Å²) in [5.41, 5.74) is -1.53. The number of para-hydroxylation sites is 1. The van der Waals surface area contributed by atoms with Gasteiger partial charge in [-0.05, 0) is 31.4 Å². The number of halogens is 1. The van der Waals surface area contributed by atoms with Gasteiger partial charge in [-0.2, -0.15) is 0 Å². The molecule has 9 nitrogen and oxygen atoms in total. The van der Waals surface area contributed by atoms with E-state index in [9.17, 15) is 23.9 Å². The van der Waals surface area contributed by atoms with Gasteiger partial charge in [0.15, 0.2) is 5.43 Å². The van der Waals surface area contributed by atoms with E-state index < -0.39 is 28.7 Å². The van der Waals surface area contributed by atoms with Crippen molar-refractivity contribution in [3.8, 4) is 0 Å². The predicted octanol–water partition coefficient (Wildman–Crippen LogP) is 0.471. The number of hydrogen-bond donors (Lipinski definition) is 4. The number of carbonyl (C=O) groups is 3. The van der Waals surface area contributed by atoms with Gasteiger partial charge >= 0.3 is 0 Å². The van der Waals surface area contributed by atoms with Crippen LogP contribution in [0.4, 0.5) is 4.39 Å². The predicted molar refractivity (Wildman–Crippen MR) is 104 cm³/mol. The summed E-state index contributed by atoms with van der Waals surface area (Å²) in [7, 11) is 0. The molecule has 3 heterocycles. The molecule has 0 aliphatic carbocycles. The van der Waals surface area contributed by atoms with Crippen molar-refractivity contribution >= 4 is 29.2 Å². The van der Waals surface area contributed by atoms with Crippen molar-refractivity contribution in [1.29, 1.82) is 0 Å². The molecule has 4 rings (SSSR count). The van der Waals surface area contributed by atoms with Gasteiger partial charge in [0.2, 0.25) is 5.91 Å². The topological polar surface area (TPSA) is 140 Å². The average molecular weight is 419 g/mol. The van der Waals surface area contributed by atoms with Crippen LogP contribution < -0.4 is 10.7 Å². The van der Waals surface area contributed by atoms with Crippen LogP contribution >= 0.6 is 0 Å². The molecular formula is C20H22FN3O6. The molecule has 0 bridgehead atoms. The number of benzene rings is 1. The maximum atomic E-state index is 14.1. The highest BCUT2D eigenvalue weighted by Gasteiger charge is 2.50. The molecule has 4 N–H and O–H groups in total. The summed E-state index contributed by atoms with van der Waals surface area (Å²) in [4.78, 5) is 50.2. The van der Waals surface area contributed by atoms with Crippen LogP contribution in [-0.2, 0) is 9.59 Å². The number of aliphatic hydroxyl groups excluding tert-OH is 1. The molecule has 160 valence electrons. The zero-order valence-corrected chi connectivity index (χ0v) is 16.1. The minimum absolute atomic E-state index is 0.0180. The quantitative estimate of drug-likeness (QED) is 0.496. The number of carboxylic acid groups (broad SMARTS) is 1. The SMILES string of the molecule is O=C(c1cc(=O)c2cccc(F)c2[nH]1)N1CC[C@H](O)[C@@]2(CCCNC2=O)C1.O=CO. The molecule has 2 aliphatic heterocycles. The number of fused-ring (bicyclic) bond motifs is 1. The van der Waals surface area contributed by atoms with Gasteiger partial charge in [-0.15, -0.1) is 0 Å². The van der Waals surface area contributed by atoms with Crippen LogP contribution in [0.1, 0.15) is 29.8 Å². The van der Waals surface area contributed by atoms with Gasteiger partial charge in [-0.3, -0.25) is 19.2 Å². The summed E-state index contributed by atoms with van der Waals surface area (Å²) in [5.74, 6) is -1.35. The molecule has 0 radical (unpaired) electrons. The van der Waals surface area contributed by atoms with E-state index in [0.717, 1.165) is 12.5 Å². The van der Waals surface area contributed by atoms with E-state index in [0.29, 0.717) is 13.0 Å². The summed E-state index contributed by atoms with van der Waals surface area (Å²) >= 11 is 0. The Morgan fingerprint density at radius 2 is 2.07 bits per heavy atom. The fourth-order valence-corrected chi connectivity index (χ4v) is 4.14.